The molecule has 1 atom stereocenters. The lowest BCUT2D eigenvalue weighted by Gasteiger charge is -2.38. The van der Waals surface area contributed by atoms with Crippen molar-refractivity contribution in [3.8, 4) is 11.8 Å². The Morgan fingerprint density at radius 1 is 1.06 bits per heavy atom. The quantitative estimate of drug-likeness (QED) is 0.324. The smallest absolute Gasteiger partial charge is 0.318 e. The van der Waals surface area contributed by atoms with Gasteiger partial charge in [0.25, 0.3) is 0 Å². The van der Waals surface area contributed by atoms with Crippen LogP contribution in [0, 0.1) is 5.92 Å². The van der Waals surface area contributed by atoms with Crippen LogP contribution in [-0.4, -0.2) is 122 Å². The summed E-state index contributed by atoms with van der Waals surface area (Å²) < 4.78 is 6.28. The van der Waals surface area contributed by atoms with Crippen molar-refractivity contribution >= 4 is 29.8 Å². The fourth-order valence-corrected chi connectivity index (χ4v) is 6.61. The number of carbonyl (C=O) groups is 2. The molecule has 1 amide bonds. The summed E-state index contributed by atoms with van der Waals surface area (Å²) in [6, 6.07) is 4.07. The molecule has 2 aromatic rings. The summed E-state index contributed by atoms with van der Waals surface area (Å²) in [6.07, 6.45) is 13.7. The monoisotopic (exact) mass is 643 g/mol. The number of allylic oxidation sites excluding steroid dienone is 3. The molecule has 4 aliphatic rings. The van der Waals surface area contributed by atoms with E-state index in [2.05, 4.69) is 27.4 Å². The Kier molecular flexibility index (Phi) is 11.7. The number of nitrogens with zero attached hydrogens (tertiary/aromatic N) is 7. The lowest BCUT2D eigenvalue weighted by molar-refractivity contribution is -0.126. The summed E-state index contributed by atoms with van der Waals surface area (Å²) in [5, 5.41) is 10.6. The van der Waals surface area contributed by atoms with Gasteiger partial charge in [0.2, 0.25) is 5.91 Å². The van der Waals surface area contributed by atoms with E-state index in [-0.39, 0.29) is 11.7 Å². The predicted octanol–water partition coefficient (Wildman–Crippen LogP) is 3.17. The number of likely N-dealkylation sites (tertiary alicyclic amines) is 1. The van der Waals surface area contributed by atoms with Crippen LogP contribution in [0.15, 0.2) is 43.0 Å². The second-order valence-corrected chi connectivity index (χ2v) is 13.0. The normalized spacial score (nSPS) is 19.1. The van der Waals surface area contributed by atoms with Crippen LogP contribution < -0.4 is 14.5 Å². The van der Waals surface area contributed by atoms with E-state index >= 15 is 0 Å². The number of aromatic hydroxyl groups is 1. The van der Waals surface area contributed by atoms with Gasteiger partial charge in [0.15, 0.2) is 0 Å². The van der Waals surface area contributed by atoms with E-state index in [1.165, 1.54) is 11.6 Å². The number of hydrogen-bond acceptors (Lipinski definition) is 10. The Bertz CT molecular complexity index is 1480. The van der Waals surface area contributed by atoms with E-state index in [1.807, 2.05) is 61.3 Å². The number of benzene rings is 1. The van der Waals surface area contributed by atoms with Gasteiger partial charge in [-0.3, -0.25) is 4.79 Å². The molecule has 0 radical (unpaired) electrons. The SMILES string of the molecule is C=CC(=O)N1CCN(c2nc(OCC3CCN(CCC=O)C3)nc3c2CCN(c2cc(O)cc4c2CC=CC=C4)C3)CC1.CN(C)C. The highest BCUT2D eigenvalue weighted by atomic mass is 16.5. The van der Waals surface area contributed by atoms with E-state index in [0.717, 1.165) is 80.1 Å². The zero-order valence-electron chi connectivity index (χ0n) is 28.1. The molecule has 1 aromatic heterocycles. The van der Waals surface area contributed by atoms with E-state index in [9.17, 15) is 14.7 Å². The summed E-state index contributed by atoms with van der Waals surface area (Å²) >= 11 is 0. The van der Waals surface area contributed by atoms with E-state index in [0.29, 0.717) is 57.7 Å². The first-order chi connectivity index (χ1) is 22.7. The maximum Gasteiger partial charge on any atom is 0.318 e. The van der Waals surface area contributed by atoms with Crippen LogP contribution in [-0.2, 0) is 29.0 Å². The largest absolute Gasteiger partial charge is 0.508 e. The predicted molar refractivity (Wildman–Crippen MR) is 186 cm³/mol. The molecule has 11 heteroatoms. The van der Waals surface area contributed by atoms with Crippen LogP contribution in [0.1, 0.15) is 35.2 Å². The summed E-state index contributed by atoms with van der Waals surface area (Å²) in [6.45, 7) is 10.8. The third kappa shape index (κ3) is 8.78. The van der Waals surface area contributed by atoms with Gasteiger partial charge in [-0.25, -0.2) is 0 Å². The average molecular weight is 644 g/mol. The van der Waals surface area contributed by atoms with Gasteiger partial charge in [-0.05, 0) is 70.2 Å². The molecule has 4 heterocycles. The number of phenolic OH excluding ortho intramolecular Hbond substituents is 1. The van der Waals surface area contributed by atoms with Crippen molar-refractivity contribution in [3.63, 3.8) is 0 Å². The van der Waals surface area contributed by atoms with Crippen molar-refractivity contribution in [2.45, 2.75) is 32.2 Å². The number of rotatable bonds is 9. The van der Waals surface area contributed by atoms with Crippen LogP contribution in [0.5, 0.6) is 11.8 Å². The number of anilines is 2. The molecule has 0 spiro atoms. The Morgan fingerprint density at radius 2 is 1.85 bits per heavy atom. The molecule has 3 aliphatic heterocycles. The summed E-state index contributed by atoms with van der Waals surface area (Å²) in [5.41, 5.74) is 5.31. The third-order valence-corrected chi connectivity index (χ3v) is 8.90. The maximum atomic E-state index is 12.2. The highest BCUT2D eigenvalue weighted by Crippen LogP contribution is 2.37. The van der Waals surface area contributed by atoms with Crippen molar-refractivity contribution in [2.24, 2.45) is 5.92 Å². The molecule has 2 saturated heterocycles. The Morgan fingerprint density at radius 3 is 2.60 bits per heavy atom. The molecule has 1 aromatic carbocycles. The van der Waals surface area contributed by atoms with Crippen molar-refractivity contribution in [1.82, 2.24) is 24.7 Å². The zero-order chi connectivity index (χ0) is 33.3. The van der Waals surface area contributed by atoms with Gasteiger partial charge in [-0.2, -0.15) is 9.97 Å². The van der Waals surface area contributed by atoms with Gasteiger partial charge in [-0.1, -0.05) is 30.9 Å². The second kappa shape index (κ2) is 16.1. The molecule has 0 saturated carbocycles. The van der Waals surface area contributed by atoms with Crippen LogP contribution in [0.25, 0.3) is 6.08 Å². The van der Waals surface area contributed by atoms with Crippen LogP contribution in [0.4, 0.5) is 11.5 Å². The van der Waals surface area contributed by atoms with Gasteiger partial charge in [-0.15, -0.1) is 0 Å². The number of fused-ring (bicyclic) bond motifs is 2. The molecule has 1 N–H and O–H groups in total. The lowest BCUT2D eigenvalue weighted by Crippen LogP contribution is -2.49. The van der Waals surface area contributed by atoms with Crippen LogP contribution in [0.2, 0.25) is 0 Å². The Labute approximate surface area is 278 Å². The maximum absolute atomic E-state index is 12.2. The molecule has 11 nitrogen and oxygen atoms in total. The fourth-order valence-electron chi connectivity index (χ4n) is 6.61. The minimum atomic E-state index is -0.0438. The van der Waals surface area contributed by atoms with Crippen molar-refractivity contribution in [1.29, 1.82) is 0 Å². The first-order valence-electron chi connectivity index (χ1n) is 16.7. The Hall–Kier alpha value is -4.22. The van der Waals surface area contributed by atoms with Gasteiger partial charge >= 0.3 is 6.01 Å². The number of piperazine rings is 1. The molecule has 47 heavy (non-hydrogen) atoms. The van der Waals surface area contributed by atoms with Crippen LogP contribution >= 0.6 is 0 Å². The number of carbonyl (C=O) groups excluding carboxylic acids is 2. The number of phenols is 1. The summed E-state index contributed by atoms with van der Waals surface area (Å²) in [7, 11) is 6.00. The number of ether oxygens (including phenoxy) is 1. The first kappa shape index (κ1) is 34.1. The van der Waals surface area contributed by atoms with E-state index < -0.39 is 0 Å². The van der Waals surface area contributed by atoms with E-state index in [4.69, 9.17) is 14.7 Å². The zero-order valence-corrected chi connectivity index (χ0v) is 28.1. The van der Waals surface area contributed by atoms with E-state index in [1.54, 1.807) is 0 Å². The topological polar surface area (TPSA) is 106 Å². The van der Waals surface area contributed by atoms with Gasteiger partial charge in [0.05, 0.1) is 18.8 Å². The van der Waals surface area contributed by atoms with Crippen molar-refractivity contribution in [2.75, 3.05) is 89.9 Å². The number of aldehydes is 1. The molecule has 6 rings (SSSR count). The lowest BCUT2D eigenvalue weighted by atomic mass is 9.98. The molecule has 0 bridgehead atoms. The molecular formula is C36H49N7O4. The highest BCUT2D eigenvalue weighted by Gasteiger charge is 2.30. The minimum Gasteiger partial charge on any atom is -0.508 e. The summed E-state index contributed by atoms with van der Waals surface area (Å²) in [5.74, 6) is 1.47. The highest BCUT2D eigenvalue weighted by molar-refractivity contribution is 5.87. The molecule has 1 unspecified atom stereocenters. The molecule has 2 fully saturated rings. The fraction of sp³-hybridized carbons (Fsp3) is 0.500. The minimum absolute atomic E-state index is 0.0438. The van der Waals surface area contributed by atoms with Crippen molar-refractivity contribution in [3.05, 3.63) is 65.4 Å². The van der Waals surface area contributed by atoms with Gasteiger partial charge in [0.1, 0.15) is 17.9 Å². The van der Waals surface area contributed by atoms with Gasteiger partial charge in [0, 0.05) is 75.5 Å². The Balaban J connectivity index is 0.00000103. The molecule has 252 valence electrons. The number of amides is 1. The van der Waals surface area contributed by atoms with Crippen molar-refractivity contribution < 1.29 is 19.4 Å². The molecule has 1 aliphatic carbocycles. The summed E-state index contributed by atoms with van der Waals surface area (Å²) in [4.78, 5) is 43.6. The average Bonchev–Trinajstić information content (AvgIpc) is 3.40. The third-order valence-electron chi connectivity index (χ3n) is 8.90. The standard InChI is InChI=1S/C33H40N6O4.C3H9N/c1-2-31(42)37-14-16-38(17-15-37)32-28-10-13-39(30-20-26(41)19-25-7-4-3-5-8-27(25)30)22-29(28)34-33(35-32)43-23-24-9-12-36(21-24)11-6-18-40;1-4(2)3/h2-5,7,18-20,24,41H,1,6,8-17,21-23H2;1-3H3. The first-order valence-corrected chi connectivity index (χ1v) is 16.7. The number of hydrogen-bond donors (Lipinski definition) is 1. The van der Waals surface area contributed by atoms with Gasteiger partial charge < -0.3 is 39.1 Å². The van der Waals surface area contributed by atoms with Crippen LogP contribution in [0.3, 0.4) is 0 Å². The number of aromatic nitrogens is 2. The second-order valence-electron chi connectivity index (χ2n) is 13.0. The molecular weight excluding hydrogens is 594 g/mol.